The molecule has 0 bridgehead atoms. The Kier molecular flexibility index (Phi) is 6.12. The highest BCUT2D eigenvalue weighted by molar-refractivity contribution is 4.87. The highest BCUT2D eigenvalue weighted by Gasteiger charge is 2.06. The smallest absolute Gasteiger partial charge is 0.133 e. The highest BCUT2D eigenvalue weighted by atomic mass is 15.3. The fraction of sp³-hybridized carbons (Fsp3) is 0.846. The molecule has 0 aliphatic heterocycles. The monoisotopic (exact) mass is 223 g/mol. The van der Waals surface area contributed by atoms with Crippen molar-refractivity contribution in [2.45, 2.75) is 71.8 Å². The summed E-state index contributed by atoms with van der Waals surface area (Å²) in [5, 5.41) is 8.17. The summed E-state index contributed by atoms with van der Waals surface area (Å²) in [6, 6.07) is 0.477. The van der Waals surface area contributed by atoms with E-state index in [0.717, 1.165) is 12.2 Å². The van der Waals surface area contributed by atoms with E-state index in [0.29, 0.717) is 6.04 Å². The fourth-order valence-corrected chi connectivity index (χ4v) is 1.94. The van der Waals surface area contributed by atoms with E-state index in [1.54, 1.807) is 0 Å². The molecular formula is C13H25N3. The Morgan fingerprint density at radius 1 is 1.12 bits per heavy atom. The van der Waals surface area contributed by atoms with E-state index in [1.165, 1.54) is 38.5 Å². The number of aryl methyl sites for hydroxylation is 1. The lowest BCUT2D eigenvalue weighted by Gasteiger charge is -2.09. The van der Waals surface area contributed by atoms with E-state index >= 15 is 0 Å². The van der Waals surface area contributed by atoms with Crippen LogP contribution in [0.15, 0.2) is 6.33 Å². The largest absolute Gasteiger partial charge is 0.315 e. The van der Waals surface area contributed by atoms with Gasteiger partial charge in [0.25, 0.3) is 0 Å². The minimum absolute atomic E-state index is 0.477. The summed E-state index contributed by atoms with van der Waals surface area (Å²) < 4.78 is 2.17. The van der Waals surface area contributed by atoms with Crippen LogP contribution in [0.25, 0.3) is 0 Å². The number of nitrogens with zero attached hydrogens (tertiary/aromatic N) is 3. The Morgan fingerprint density at radius 3 is 2.50 bits per heavy atom. The molecule has 0 saturated carbocycles. The fourth-order valence-electron chi connectivity index (χ4n) is 1.94. The van der Waals surface area contributed by atoms with Crippen LogP contribution in [0.3, 0.4) is 0 Å². The van der Waals surface area contributed by atoms with Crippen LogP contribution < -0.4 is 0 Å². The summed E-state index contributed by atoms with van der Waals surface area (Å²) in [5.41, 5.74) is 0. The second-order valence-corrected chi connectivity index (χ2v) is 4.77. The normalized spacial score (nSPS) is 11.2. The van der Waals surface area contributed by atoms with E-state index in [4.69, 9.17) is 0 Å². The van der Waals surface area contributed by atoms with Crippen LogP contribution in [0.4, 0.5) is 0 Å². The summed E-state index contributed by atoms with van der Waals surface area (Å²) >= 11 is 0. The molecule has 0 unspecified atom stereocenters. The molecule has 0 atom stereocenters. The second-order valence-electron chi connectivity index (χ2n) is 4.77. The van der Waals surface area contributed by atoms with Crippen molar-refractivity contribution >= 4 is 0 Å². The summed E-state index contributed by atoms with van der Waals surface area (Å²) in [5.74, 6) is 1.14. The van der Waals surface area contributed by atoms with Gasteiger partial charge in [0.1, 0.15) is 12.2 Å². The standard InChI is InChI=1S/C13H25N3/c1-4-5-6-7-8-9-10-13-15-14-11-16(13)12(2)3/h11-12H,4-10H2,1-3H3. The van der Waals surface area contributed by atoms with Crippen LogP contribution in [0.1, 0.15) is 71.2 Å². The molecule has 0 aliphatic rings. The predicted molar refractivity (Wildman–Crippen MR) is 67.5 cm³/mol. The zero-order valence-electron chi connectivity index (χ0n) is 10.9. The van der Waals surface area contributed by atoms with Gasteiger partial charge in [-0.05, 0) is 20.3 Å². The van der Waals surface area contributed by atoms with Crippen molar-refractivity contribution in [1.29, 1.82) is 0 Å². The first kappa shape index (κ1) is 13.2. The Bertz CT molecular complexity index is 278. The van der Waals surface area contributed by atoms with Crippen LogP contribution in [0, 0.1) is 0 Å². The van der Waals surface area contributed by atoms with Gasteiger partial charge >= 0.3 is 0 Å². The minimum atomic E-state index is 0.477. The second kappa shape index (κ2) is 7.42. The summed E-state index contributed by atoms with van der Waals surface area (Å²) in [7, 11) is 0. The van der Waals surface area contributed by atoms with Crippen molar-refractivity contribution < 1.29 is 0 Å². The van der Waals surface area contributed by atoms with Gasteiger partial charge < -0.3 is 4.57 Å². The lowest BCUT2D eigenvalue weighted by atomic mass is 10.1. The highest BCUT2D eigenvalue weighted by Crippen LogP contribution is 2.11. The maximum Gasteiger partial charge on any atom is 0.133 e. The molecule has 1 heterocycles. The van der Waals surface area contributed by atoms with Crippen molar-refractivity contribution in [3.63, 3.8) is 0 Å². The summed E-state index contributed by atoms with van der Waals surface area (Å²) in [6.07, 6.45) is 10.9. The molecule has 92 valence electrons. The minimum Gasteiger partial charge on any atom is -0.315 e. The molecule has 0 saturated heterocycles. The van der Waals surface area contributed by atoms with Gasteiger partial charge in [-0.2, -0.15) is 0 Å². The average molecular weight is 223 g/mol. The van der Waals surface area contributed by atoms with Crippen LogP contribution in [0.5, 0.6) is 0 Å². The molecule has 0 N–H and O–H groups in total. The number of hydrogen-bond donors (Lipinski definition) is 0. The molecular weight excluding hydrogens is 198 g/mol. The molecule has 1 aromatic rings. The van der Waals surface area contributed by atoms with Crippen molar-refractivity contribution in [2.24, 2.45) is 0 Å². The lowest BCUT2D eigenvalue weighted by molar-refractivity contribution is 0.544. The van der Waals surface area contributed by atoms with Gasteiger partial charge in [0.2, 0.25) is 0 Å². The van der Waals surface area contributed by atoms with Gasteiger partial charge in [0, 0.05) is 12.5 Å². The van der Waals surface area contributed by atoms with Crippen LogP contribution in [0.2, 0.25) is 0 Å². The summed E-state index contributed by atoms with van der Waals surface area (Å²) in [6.45, 7) is 6.60. The number of unbranched alkanes of at least 4 members (excludes halogenated alkanes) is 5. The molecule has 16 heavy (non-hydrogen) atoms. The predicted octanol–water partition coefficient (Wildman–Crippen LogP) is 3.76. The first-order chi connectivity index (χ1) is 7.75. The average Bonchev–Trinajstić information content (AvgIpc) is 2.71. The summed E-state index contributed by atoms with van der Waals surface area (Å²) in [4.78, 5) is 0. The maximum absolute atomic E-state index is 4.18. The maximum atomic E-state index is 4.18. The molecule has 0 spiro atoms. The van der Waals surface area contributed by atoms with Crippen LogP contribution in [-0.4, -0.2) is 14.8 Å². The molecule has 1 aromatic heterocycles. The van der Waals surface area contributed by atoms with Crippen LogP contribution >= 0.6 is 0 Å². The Hall–Kier alpha value is -0.860. The number of aromatic nitrogens is 3. The van der Waals surface area contributed by atoms with E-state index in [1.807, 2.05) is 6.33 Å². The van der Waals surface area contributed by atoms with Gasteiger partial charge in [-0.15, -0.1) is 10.2 Å². The van der Waals surface area contributed by atoms with Gasteiger partial charge in [0.05, 0.1) is 0 Å². The van der Waals surface area contributed by atoms with Crippen LogP contribution in [-0.2, 0) is 6.42 Å². The third kappa shape index (κ3) is 4.33. The van der Waals surface area contributed by atoms with E-state index in [9.17, 15) is 0 Å². The zero-order valence-corrected chi connectivity index (χ0v) is 10.9. The SMILES string of the molecule is CCCCCCCCc1nncn1C(C)C. The zero-order chi connectivity index (χ0) is 11.8. The number of hydrogen-bond acceptors (Lipinski definition) is 2. The van der Waals surface area contributed by atoms with E-state index in [2.05, 4.69) is 35.5 Å². The van der Waals surface area contributed by atoms with Gasteiger partial charge in [-0.1, -0.05) is 39.0 Å². The van der Waals surface area contributed by atoms with Gasteiger partial charge in [-0.3, -0.25) is 0 Å². The molecule has 0 aliphatic carbocycles. The molecule has 0 amide bonds. The first-order valence-electron chi connectivity index (χ1n) is 6.64. The molecule has 3 heteroatoms. The Balaban J connectivity index is 2.19. The van der Waals surface area contributed by atoms with Crippen molar-refractivity contribution in [3.8, 4) is 0 Å². The molecule has 0 radical (unpaired) electrons. The Labute approximate surface area is 99.3 Å². The quantitative estimate of drug-likeness (QED) is 0.628. The van der Waals surface area contributed by atoms with Crippen molar-refractivity contribution in [2.75, 3.05) is 0 Å². The molecule has 0 fully saturated rings. The lowest BCUT2D eigenvalue weighted by Crippen LogP contribution is -2.05. The number of rotatable bonds is 8. The first-order valence-corrected chi connectivity index (χ1v) is 6.64. The van der Waals surface area contributed by atoms with Crippen molar-refractivity contribution in [3.05, 3.63) is 12.2 Å². The van der Waals surface area contributed by atoms with E-state index < -0.39 is 0 Å². The Morgan fingerprint density at radius 2 is 1.81 bits per heavy atom. The van der Waals surface area contributed by atoms with Gasteiger partial charge in [0.15, 0.2) is 0 Å². The molecule has 1 rings (SSSR count). The molecule has 0 aromatic carbocycles. The van der Waals surface area contributed by atoms with E-state index in [-0.39, 0.29) is 0 Å². The topological polar surface area (TPSA) is 30.7 Å². The third-order valence-electron chi connectivity index (χ3n) is 2.96. The van der Waals surface area contributed by atoms with Gasteiger partial charge in [-0.25, -0.2) is 0 Å². The third-order valence-corrected chi connectivity index (χ3v) is 2.96. The molecule has 3 nitrogen and oxygen atoms in total. The van der Waals surface area contributed by atoms with Crippen molar-refractivity contribution in [1.82, 2.24) is 14.8 Å².